The summed E-state index contributed by atoms with van der Waals surface area (Å²) in [5.74, 6) is -1.39. The second kappa shape index (κ2) is 4.90. The van der Waals surface area contributed by atoms with E-state index in [9.17, 15) is 14.7 Å². The summed E-state index contributed by atoms with van der Waals surface area (Å²) in [5, 5.41) is 9.57. The number of nitrogens with zero attached hydrogens (tertiary/aromatic N) is 4. The number of pyridine rings is 2. The van der Waals surface area contributed by atoms with Crippen molar-refractivity contribution in [1.29, 1.82) is 0 Å². The Labute approximate surface area is 126 Å². The first kappa shape index (κ1) is 13.7. The first-order valence-corrected chi connectivity index (χ1v) is 6.87. The van der Waals surface area contributed by atoms with Crippen LogP contribution in [0.15, 0.2) is 23.4 Å². The molecule has 0 saturated carbocycles. The Morgan fingerprint density at radius 1 is 1.43 bits per heavy atom. The fraction of sp³-hybridized carbons (Fsp3) is 0.0833. The third-order valence-electron chi connectivity index (χ3n) is 2.96. The number of carboxylic acids is 1. The van der Waals surface area contributed by atoms with Crippen LogP contribution in [-0.2, 0) is 0 Å². The van der Waals surface area contributed by atoms with Gasteiger partial charge in [0.15, 0.2) is 5.65 Å². The summed E-state index contributed by atoms with van der Waals surface area (Å²) in [4.78, 5) is 31.9. The van der Waals surface area contributed by atoms with E-state index < -0.39 is 17.0 Å². The van der Waals surface area contributed by atoms with E-state index in [1.165, 1.54) is 17.1 Å². The van der Waals surface area contributed by atoms with Gasteiger partial charge in [0.2, 0.25) is 10.6 Å². The summed E-state index contributed by atoms with van der Waals surface area (Å²) in [6.45, 7) is 1.70. The van der Waals surface area contributed by atoms with E-state index in [1.807, 2.05) is 0 Å². The lowest BCUT2D eigenvalue weighted by Crippen LogP contribution is -2.21. The highest BCUT2D eigenvalue weighted by atomic mass is 35.5. The molecule has 0 fully saturated rings. The number of carboxylic acid groups (broad SMARTS) is 1. The van der Waals surface area contributed by atoms with Gasteiger partial charge in [0.1, 0.15) is 17.0 Å². The first-order valence-electron chi connectivity index (χ1n) is 5.72. The molecule has 7 nitrogen and oxygen atoms in total. The standard InChI is InChI=1S/C12H7ClN4O3S/c1-5-2-3-14-10-6(5)8(18)7(11(19)20)9(13)17(10)12-15-4-16-21-12/h2-4H,1H3,(H,19,20). The number of rotatable bonds is 2. The second-order valence-electron chi connectivity index (χ2n) is 4.19. The zero-order valence-corrected chi connectivity index (χ0v) is 12.1. The predicted octanol–water partition coefficient (Wildman–Crippen LogP) is 1.90. The number of aromatic carboxylic acids is 1. The Morgan fingerprint density at radius 3 is 2.81 bits per heavy atom. The molecular weight excluding hydrogens is 316 g/mol. The van der Waals surface area contributed by atoms with Crippen LogP contribution in [0.25, 0.3) is 16.2 Å². The van der Waals surface area contributed by atoms with Gasteiger partial charge < -0.3 is 5.11 Å². The van der Waals surface area contributed by atoms with Crippen molar-refractivity contribution in [3.63, 3.8) is 0 Å². The smallest absolute Gasteiger partial charge is 0.342 e. The van der Waals surface area contributed by atoms with E-state index in [4.69, 9.17) is 11.6 Å². The van der Waals surface area contributed by atoms with Crippen LogP contribution in [0.5, 0.6) is 0 Å². The number of aromatic nitrogens is 4. The van der Waals surface area contributed by atoms with Gasteiger partial charge in [-0.1, -0.05) is 11.6 Å². The van der Waals surface area contributed by atoms with Gasteiger partial charge >= 0.3 is 5.97 Å². The summed E-state index contributed by atoms with van der Waals surface area (Å²) in [7, 11) is 0. The molecule has 0 aliphatic carbocycles. The van der Waals surface area contributed by atoms with Crippen molar-refractivity contribution in [2.45, 2.75) is 6.92 Å². The molecular formula is C12H7ClN4O3S. The second-order valence-corrected chi connectivity index (χ2v) is 5.30. The molecule has 0 spiro atoms. The van der Waals surface area contributed by atoms with Crippen LogP contribution in [0.4, 0.5) is 0 Å². The fourth-order valence-corrected chi connectivity index (χ4v) is 2.96. The van der Waals surface area contributed by atoms with Gasteiger partial charge in [0.25, 0.3) is 0 Å². The molecule has 106 valence electrons. The predicted molar refractivity (Wildman–Crippen MR) is 77.5 cm³/mol. The van der Waals surface area contributed by atoms with Crippen LogP contribution in [0.3, 0.4) is 0 Å². The fourth-order valence-electron chi connectivity index (χ4n) is 2.04. The van der Waals surface area contributed by atoms with E-state index in [0.29, 0.717) is 10.7 Å². The van der Waals surface area contributed by atoms with E-state index in [1.54, 1.807) is 13.0 Å². The average Bonchev–Trinajstić information content (AvgIpc) is 2.91. The van der Waals surface area contributed by atoms with Gasteiger partial charge in [0, 0.05) is 17.7 Å². The molecule has 21 heavy (non-hydrogen) atoms. The van der Waals surface area contributed by atoms with Gasteiger partial charge in [-0.15, -0.1) is 0 Å². The molecule has 0 bridgehead atoms. The molecule has 9 heteroatoms. The van der Waals surface area contributed by atoms with Crippen molar-refractivity contribution >= 4 is 40.1 Å². The third kappa shape index (κ3) is 1.99. The van der Waals surface area contributed by atoms with Gasteiger partial charge in [-0.3, -0.25) is 9.36 Å². The van der Waals surface area contributed by atoms with Gasteiger partial charge in [-0.25, -0.2) is 14.8 Å². The highest BCUT2D eigenvalue weighted by molar-refractivity contribution is 7.08. The van der Waals surface area contributed by atoms with Crippen molar-refractivity contribution in [2.75, 3.05) is 0 Å². The molecule has 0 amide bonds. The normalized spacial score (nSPS) is 11.0. The molecule has 3 heterocycles. The number of carbonyl (C=O) groups is 1. The summed E-state index contributed by atoms with van der Waals surface area (Å²) in [5.41, 5.74) is -0.293. The van der Waals surface area contributed by atoms with E-state index in [2.05, 4.69) is 14.3 Å². The van der Waals surface area contributed by atoms with Crippen LogP contribution in [0.2, 0.25) is 5.15 Å². The molecule has 3 aromatic heterocycles. The maximum Gasteiger partial charge on any atom is 0.342 e. The van der Waals surface area contributed by atoms with Crippen LogP contribution < -0.4 is 5.43 Å². The van der Waals surface area contributed by atoms with Crippen molar-refractivity contribution < 1.29 is 9.90 Å². The molecule has 0 aromatic carbocycles. The van der Waals surface area contributed by atoms with Crippen LogP contribution in [-0.4, -0.2) is 30.0 Å². The van der Waals surface area contributed by atoms with Gasteiger partial charge in [-0.05, 0) is 18.6 Å². The van der Waals surface area contributed by atoms with Gasteiger partial charge in [-0.2, -0.15) is 4.37 Å². The van der Waals surface area contributed by atoms with Crippen LogP contribution in [0.1, 0.15) is 15.9 Å². The van der Waals surface area contributed by atoms with Crippen molar-refractivity contribution in [3.8, 4) is 5.13 Å². The Balaban J connectivity index is 2.61. The summed E-state index contributed by atoms with van der Waals surface area (Å²) in [6.07, 6.45) is 2.84. The van der Waals surface area contributed by atoms with Gasteiger partial charge in [0.05, 0.1) is 5.39 Å². The minimum Gasteiger partial charge on any atom is -0.477 e. The Kier molecular flexibility index (Phi) is 3.19. The maximum atomic E-state index is 12.4. The Hall–Kier alpha value is -2.32. The third-order valence-corrected chi connectivity index (χ3v) is 3.97. The molecule has 0 aliphatic heterocycles. The number of hydrogen-bond donors (Lipinski definition) is 1. The van der Waals surface area contributed by atoms with Crippen LogP contribution in [0, 0.1) is 6.92 Å². The molecule has 0 radical (unpaired) electrons. The topological polar surface area (TPSA) is 98.0 Å². The minimum atomic E-state index is -1.39. The SMILES string of the molecule is Cc1ccnc2c1c(=O)c(C(=O)O)c(Cl)n2-c1ncns1. The molecule has 3 aromatic rings. The molecule has 0 atom stereocenters. The largest absolute Gasteiger partial charge is 0.477 e. The number of aryl methyl sites for hydroxylation is 1. The molecule has 0 saturated heterocycles. The van der Waals surface area contributed by atoms with Crippen LogP contribution >= 0.6 is 23.1 Å². The summed E-state index contributed by atoms with van der Waals surface area (Å²) >= 11 is 7.13. The highest BCUT2D eigenvalue weighted by Crippen LogP contribution is 2.25. The number of hydrogen-bond acceptors (Lipinski definition) is 6. The molecule has 0 aliphatic rings. The quantitative estimate of drug-likeness (QED) is 0.723. The van der Waals surface area contributed by atoms with E-state index in [0.717, 1.165) is 11.5 Å². The minimum absolute atomic E-state index is 0.203. The zero-order chi connectivity index (χ0) is 15.1. The highest BCUT2D eigenvalue weighted by Gasteiger charge is 2.24. The van der Waals surface area contributed by atoms with E-state index in [-0.39, 0.29) is 16.2 Å². The molecule has 0 unspecified atom stereocenters. The Bertz CT molecular complexity index is 920. The van der Waals surface area contributed by atoms with Crippen molar-refractivity contribution in [2.24, 2.45) is 0 Å². The Morgan fingerprint density at radius 2 is 2.19 bits per heavy atom. The first-order chi connectivity index (χ1) is 10.0. The number of fused-ring (bicyclic) bond motifs is 1. The van der Waals surface area contributed by atoms with Crippen molar-refractivity contribution in [3.05, 3.63) is 45.1 Å². The number of halogens is 1. The lowest BCUT2D eigenvalue weighted by Gasteiger charge is -2.12. The monoisotopic (exact) mass is 322 g/mol. The van der Waals surface area contributed by atoms with E-state index >= 15 is 0 Å². The lowest BCUT2D eigenvalue weighted by molar-refractivity contribution is 0.0695. The zero-order valence-electron chi connectivity index (χ0n) is 10.6. The average molecular weight is 323 g/mol. The maximum absolute atomic E-state index is 12.4. The molecule has 1 N–H and O–H groups in total. The molecule has 3 rings (SSSR count). The summed E-state index contributed by atoms with van der Waals surface area (Å²) in [6, 6.07) is 1.63. The summed E-state index contributed by atoms with van der Waals surface area (Å²) < 4.78 is 5.19. The van der Waals surface area contributed by atoms with Crippen molar-refractivity contribution in [1.82, 2.24) is 18.9 Å². The lowest BCUT2D eigenvalue weighted by atomic mass is 10.1.